The zero-order valence-electron chi connectivity index (χ0n) is 37.5. The molecule has 0 aliphatic carbocycles. The number of anilines is 1. The van der Waals surface area contributed by atoms with Crippen molar-refractivity contribution in [2.24, 2.45) is 11.7 Å². The van der Waals surface area contributed by atoms with E-state index in [1.54, 1.807) is 42.5 Å². The first-order chi connectivity index (χ1) is 30.0. The van der Waals surface area contributed by atoms with Gasteiger partial charge in [-0.25, -0.2) is 4.79 Å². The number of hydrogen-bond donors (Lipinski definition) is 9. The van der Waals surface area contributed by atoms with Crippen LogP contribution in [0.4, 0.5) is 5.69 Å². The molecule has 350 valence electrons. The molecule has 0 bridgehead atoms. The third-order valence-electron chi connectivity index (χ3n) is 10.6. The zero-order chi connectivity index (χ0) is 46.6. The van der Waals surface area contributed by atoms with Crippen LogP contribution in [0.3, 0.4) is 0 Å². The van der Waals surface area contributed by atoms with Gasteiger partial charge in [0.2, 0.25) is 35.4 Å². The average molecular weight is 880 g/mol. The monoisotopic (exact) mass is 880 g/mol. The van der Waals surface area contributed by atoms with Crippen LogP contribution in [0.25, 0.3) is 0 Å². The third-order valence-corrected chi connectivity index (χ3v) is 10.6. The molecule has 5 atom stereocenters. The SMILES string of the molecule is CC(C)C[C@@H](NC(=O)[C@H](NC(=O)CCCCCCCCCCCCCCC(=O)N[C@H](CC(N)=O)C(=O)N[C@@H](Cc1ccccc1)C(=O)O)C(C)O)C(=O)NCCc1ccc(N)cc1. The van der Waals surface area contributed by atoms with Crippen LogP contribution in [-0.4, -0.2) is 88.4 Å². The van der Waals surface area contributed by atoms with Gasteiger partial charge >= 0.3 is 5.97 Å². The number of aliphatic hydroxyl groups is 1. The Balaban J connectivity index is 1.57. The quantitative estimate of drug-likeness (QED) is 0.0368. The molecule has 0 spiro atoms. The van der Waals surface area contributed by atoms with E-state index in [-0.39, 0.29) is 37.0 Å². The van der Waals surface area contributed by atoms with E-state index < -0.39 is 66.3 Å². The summed E-state index contributed by atoms with van der Waals surface area (Å²) in [5, 5.41) is 33.2. The Labute approximate surface area is 372 Å². The lowest BCUT2D eigenvalue weighted by atomic mass is 10.0. The van der Waals surface area contributed by atoms with E-state index in [2.05, 4.69) is 26.6 Å². The average Bonchev–Trinajstić information content (AvgIpc) is 3.22. The number of rotatable bonds is 33. The third kappa shape index (κ3) is 24.1. The minimum absolute atomic E-state index is 0.0405. The van der Waals surface area contributed by atoms with Crippen molar-refractivity contribution in [1.29, 1.82) is 0 Å². The number of primary amides is 1. The smallest absolute Gasteiger partial charge is 0.326 e. The lowest BCUT2D eigenvalue weighted by Gasteiger charge is -2.25. The lowest BCUT2D eigenvalue weighted by Crippen LogP contribution is -2.57. The van der Waals surface area contributed by atoms with Crippen molar-refractivity contribution in [2.45, 2.75) is 167 Å². The summed E-state index contributed by atoms with van der Waals surface area (Å²) in [7, 11) is 0. The summed E-state index contributed by atoms with van der Waals surface area (Å²) >= 11 is 0. The number of carbonyl (C=O) groups is 7. The largest absolute Gasteiger partial charge is 0.480 e. The van der Waals surface area contributed by atoms with Crippen molar-refractivity contribution < 1.29 is 43.8 Å². The molecule has 0 saturated carbocycles. The Bertz CT molecular complexity index is 1710. The summed E-state index contributed by atoms with van der Waals surface area (Å²) in [5.74, 6) is -4.37. The first-order valence-electron chi connectivity index (χ1n) is 22.6. The van der Waals surface area contributed by atoms with Gasteiger partial charge in [0, 0.05) is 31.5 Å². The van der Waals surface area contributed by atoms with Gasteiger partial charge < -0.3 is 48.3 Å². The number of amides is 6. The Morgan fingerprint density at radius 2 is 1.10 bits per heavy atom. The molecule has 16 nitrogen and oxygen atoms in total. The Morgan fingerprint density at radius 3 is 1.59 bits per heavy atom. The first kappa shape index (κ1) is 53.6. The molecule has 6 amide bonds. The minimum Gasteiger partial charge on any atom is -0.480 e. The van der Waals surface area contributed by atoms with E-state index in [4.69, 9.17) is 11.5 Å². The molecule has 16 heteroatoms. The highest BCUT2D eigenvalue weighted by Gasteiger charge is 2.31. The van der Waals surface area contributed by atoms with Crippen LogP contribution in [0, 0.1) is 5.92 Å². The van der Waals surface area contributed by atoms with Crippen molar-refractivity contribution in [3.63, 3.8) is 0 Å². The molecule has 11 N–H and O–H groups in total. The van der Waals surface area contributed by atoms with Gasteiger partial charge in [0.05, 0.1) is 12.5 Å². The predicted octanol–water partition coefficient (Wildman–Crippen LogP) is 3.96. The molecular weight excluding hydrogens is 807 g/mol. The first-order valence-corrected chi connectivity index (χ1v) is 22.6. The summed E-state index contributed by atoms with van der Waals surface area (Å²) < 4.78 is 0. The van der Waals surface area contributed by atoms with E-state index in [0.29, 0.717) is 43.5 Å². The fourth-order valence-corrected chi connectivity index (χ4v) is 7.09. The fraction of sp³-hybridized carbons (Fsp3) is 0.596. The van der Waals surface area contributed by atoms with Crippen LogP contribution in [0.5, 0.6) is 0 Å². The molecule has 2 rings (SSSR count). The van der Waals surface area contributed by atoms with Gasteiger partial charge in [-0.15, -0.1) is 0 Å². The van der Waals surface area contributed by atoms with Crippen molar-refractivity contribution in [3.8, 4) is 0 Å². The Kier molecular flexibility index (Phi) is 26.0. The number of carboxylic acids is 1. The molecule has 0 fully saturated rings. The topological polar surface area (TPSA) is 272 Å². The molecule has 2 aromatic carbocycles. The number of benzene rings is 2. The second kappa shape index (κ2) is 30.5. The number of carbonyl (C=O) groups excluding carboxylic acids is 6. The van der Waals surface area contributed by atoms with Gasteiger partial charge in [-0.3, -0.25) is 28.8 Å². The maximum atomic E-state index is 13.2. The number of nitrogens with two attached hydrogens (primary N) is 2. The zero-order valence-corrected chi connectivity index (χ0v) is 37.5. The maximum Gasteiger partial charge on any atom is 0.326 e. The van der Waals surface area contributed by atoms with Gasteiger partial charge in [-0.1, -0.05) is 121 Å². The minimum atomic E-state index is -1.27. The number of unbranched alkanes of at least 4 members (excludes halogenated alkanes) is 11. The number of nitrogens with one attached hydrogen (secondary N) is 5. The van der Waals surface area contributed by atoms with E-state index in [1.807, 2.05) is 26.0 Å². The molecule has 0 saturated heterocycles. The lowest BCUT2D eigenvalue weighted by molar-refractivity contribution is -0.142. The second-order valence-corrected chi connectivity index (χ2v) is 16.9. The van der Waals surface area contributed by atoms with Crippen LogP contribution in [0.15, 0.2) is 54.6 Å². The summed E-state index contributed by atoms with van der Waals surface area (Å²) in [6, 6.07) is 11.7. The summed E-state index contributed by atoms with van der Waals surface area (Å²) in [6.45, 7) is 5.71. The summed E-state index contributed by atoms with van der Waals surface area (Å²) in [4.78, 5) is 87.8. The molecule has 0 radical (unpaired) electrons. The van der Waals surface area contributed by atoms with Crippen LogP contribution in [-0.2, 0) is 46.4 Å². The molecule has 63 heavy (non-hydrogen) atoms. The van der Waals surface area contributed by atoms with Gasteiger partial charge in [-0.2, -0.15) is 0 Å². The van der Waals surface area contributed by atoms with Gasteiger partial charge in [0.15, 0.2) is 0 Å². The maximum absolute atomic E-state index is 13.2. The molecule has 1 unspecified atom stereocenters. The van der Waals surface area contributed by atoms with Gasteiger partial charge in [-0.05, 0) is 61.8 Å². The number of nitrogen functional groups attached to an aromatic ring is 1. The number of aliphatic carboxylic acids is 1. The van der Waals surface area contributed by atoms with Crippen LogP contribution in [0.1, 0.15) is 135 Å². The highest BCUT2D eigenvalue weighted by Crippen LogP contribution is 2.14. The highest BCUT2D eigenvalue weighted by atomic mass is 16.4. The standard InChI is InChI=1S/C47H73N7O9/c1-32(2)29-37(44(59)50-28-27-34-23-25-36(48)26-24-34)52-46(61)43(33(3)55)54-42(58)22-18-13-11-9-7-5-4-6-8-10-12-17-21-41(57)51-38(31-40(49)56)45(60)53-39(47(62)63)30-35-19-15-14-16-20-35/h14-16,19-20,23-26,32-33,37-39,43,55H,4-13,17-18,21-22,27-31,48H2,1-3H3,(H2,49,56)(H,50,59)(H,51,57)(H,52,61)(H,53,60)(H,54,58)(H,62,63)/t33?,37-,38-,39+,43-/m1/s1. The summed E-state index contributed by atoms with van der Waals surface area (Å²) in [5.41, 5.74) is 13.4. The fourth-order valence-electron chi connectivity index (χ4n) is 7.09. The molecule has 0 aliphatic heterocycles. The van der Waals surface area contributed by atoms with E-state index in [0.717, 1.165) is 69.8 Å². The normalized spacial score (nSPS) is 13.5. The van der Waals surface area contributed by atoms with Crippen molar-refractivity contribution in [2.75, 3.05) is 12.3 Å². The Hall–Kier alpha value is -5.51. The van der Waals surface area contributed by atoms with E-state index >= 15 is 0 Å². The molecule has 0 aromatic heterocycles. The van der Waals surface area contributed by atoms with Crippen molar-refractivity contribution in [3.05, 3.63) is 65.7 Å². The Morgan fingerprint density at radius 1 is 0.587 bits per heavy atom. The predicted molar refractivity (Wildman–Crippen MR) is 243 cm³/mol. The van der Waals surface area contributed by atoms with Crippen molar-refractivity contribution in [1.82, 2.24) is 26.6 Å². The van der Waals surface area contributed by atoms with Gasteiger partial charge in [0.1, 0.15) is 24.2 Å². The molecule has 0 aliphatic rings. The molecule has 0 heterocycles. The van der Waals surface area contributed by atoms with Crippen LogP contribution >= 0.6 is 0 Å². The molecule has 2 aromatic rings. The van der Waals surface area contributed by atoms with E-state index in [1.165, 1.54) is 6.92 Å². The number of aliphatic hydroxyl groups excluding tert-OH is 1. The second-order valence-electron chi connectivity index (χ2n) is 16.9. The van der Waals surface area contributed by atoms with Crippen LogP contribution in [0.2, 0.25) is 0 Å². The summed E-state index contributed by atoms with van der Waals surface area (Å²) in [6.07, 6.45) is 11.2. The highest BCUT2D eigenvalue weighted by molar-refractivity contribution is 5.94. The van der Waals surface area contributed by atoms with Crippen LogP contribution < -0.4 is 38.1 Å². The number of hydrogen-bond acceptors (Lipinski definition) is 9. The van der Waals surface area contributed by atoms with Crippen molar-refractivity contribution >= 4 is 47.1 Å². The molecular formula is C47H73N7O9. The number of carboxylic acid groups (broad SMARTS) is 1. The van der Waals surface area contributed by atoms with E-state index in [9.17, 15) is 43.8 Å². The van der Waals surface area contributed by atoms with Gasteiger partial charge in [0.25, 0.3) is 0 Å².